The van der Waals surface area contributed by atoms with Crippen molar-refractivity contribution in [1.82, 2.24) is 0 Å². The predicted octanol–water partition coefficient (Wildman–Crippen LogP) is 2.32. The van der Waals surface area contributed by atoms with Gasteiger partial charge in [-0.3, -0.25) is 0 Å². The van der Waals surface area contributed by atoms with E-state index in [0.29, 0.717) is 0 Å². The molecule has 0 saturated carbocycles. The molecule has 0 aromatic rings. The maximum Gasteiger partial charge on any atom is 0.0861 e. The molecule has 0 spiro atoms. The molecule has 0 fully saturated rings. The summed E-state index contributed by atoms with van der Waals surface area (Å²) in [5.74, 6) is 0. The zero-order chi connectivity index (χ0) is 6.95. The minimum Gasteiger partial charge on any atom is -0.242 e. The molecule has 1 N–H and O–H groups in total. The fourth-order valence-corrected chi connectivity index (χ4v) is 0.674. The van der Waals surface area contributed by atoms with Gasteiger partial charge in [-0.15, -0.1) is 0 Å². The number of nitrogens with zero attached hydrogens (tertiary/aromatic N) is 1. The van der Waals surface area contributed by atoms with Gasteiger partial charge < -0.3 is 0 Å². The fourth-order valence-electron chi connectivity index (χ4n) is 0.674. The van der Waals surface area contributed by atoms with Crippen LogP contribution in [0.25, 0.3) is 0 Å². The van der Waals surface area contributed by atoms with E-state index < -0.39 is 0 Å². The Kier molecular flexibility index (Phi) is 14.9. The molecule has 2 nitrogen and oxygen atoms in total. The SMILES string of the molecule is CCCCCCN=C=N.[Zn]. The largest absolute Gasteiger partial charge is 0.242 e. The van der Waals surface area contributed by atoms with Crippen LogP contribution in [-0.4, -0.2) is 12.6 Å². The summed E-state index contributed by atoms with van der Waals surface area (Å²) in [6, 6.07) is 2.02. The topological polar surface area (TPSA) is 36.2 Å². The predicted molar refractivity (Wildman–Crippen MR) is 39.2 cm³/mol. The third-order valence-corrected chi connectivity index (χ3v) is 1.20. The molecule has 0 aromatic heterocycles. The summed E-state index contributed by atoms with van der Waals surface area (Å²) < 4.78 is 0. The molecule has 0 rings (SSSR count). The van der Waals surface area contributed by atoms with Crippen molar-refractivity contribution in [3.63, 3.8) is 0 Å². The molecule has 10 heavy (non-hydrogen) atoms. The Hall–Kier alpha value is 0.00338. The molecule has 0 aliphatic rings. The van der Waals surface area contributed by atoms with Gasteiger partial charge in [0.1, 0.15) is 0 Å². The molecule has 0 heterocycles. The Morgan fingerprint density at radius 2 is 2.00 bits per heavy atom. The van der Waals surface area contributed by atoms with Gasteiger partial charge in [-0.25, -0.2) is 10.4 Å². The van der Waals surface area contributed by atoms with Gasteiger partial charge in [0.05, 0.1) is 6.01 Å². The van der Waals surface area contributed by atoms with Crippen molar-refractivity contribution in [2.45, 2.75) is 32.6 Å². The van der Waals surface area contributed by atoms with Crippen LogP contribution in [0.15, 0.2) is 4.99 Å². The molecule has 0 aliphatic heterocycles. The van der Waals surface area contributed by atoms with Crippen LogP contribution >= 0.6 is 0 Å². The van der Waals surface area contributed by atoms with Crippen LogP contribution in [0.3, 0.4) is 0 Å². The third-order valence-electron chi connectivity index (χ3n) is 1.20. The van der Waals surface area contributed by atoms with Gasteiger partial charge in [0.2, 0.25) is 0 Å². The van der Waals surface area contributed by atoms with E-state index in [1.54, 1.807) is 0 Å². The third kappa shape index (κ3) is 10.9. The van der Waals surface area contributed by atoms with Gasteiger partial charge in [0, 0.05) is 26.0 Å². The summed E-state index contributed by atoms with van der Waals surface area (Å²) >= 11 is 0. The number of hydrogen-bond acceptors (Lipinski definition) is 2. The average molecular weight is 192 g/mol. The summed E-state index contributed by atoms with van der Waals surface area (Å²) in [7, 11) is 0. The van der Waals surface area contributed by atoms with Crippen LogP contribution in [0.4, 0.5) is 0 Å². The van der Waals surface area contributed by atoms with Crippen molar-refractivity contribution < 1.29 is 19.5 Å². The van der Waals surface area contributed by atoms with Crippen LogP contribution in [0, 0.1) is 5.41 Å². The van der Waals surface area contributed by atoms with Gasteiger partial charge in [0.15, 0.2) is 0 Å². The molecule has 0 aromatic carbocycles. The van der Waals surface area contributed by atoms with Crippen molar-refractivity contribution in [3.05, 3.63) is 0 Å². The van der Waals surface area contributed by atoms with E-state index in [-0.39, 0.29) is 19.5 Å². The molecule has 0 aliphatic carbocycles. The monoisotopic (exact) mass is 190 g/mol. The van der Waals surface area contributed by atoms with Crippen LogP contribution in [-0.2, 0) is 19.5 Å². The smallest absolute Gasteiger partial charge is 0.0861 e. The number of aliphatic imine (C=N–C) groups is 1. The van der Waals surface area contributed by atoms with E-state index in [9.17, 15) is 0 Å². The van der Waals surface area contributed by atoms with Crippen LogP contribution < -0.4 is 0 Å². The first-order valence-electron chi connectivity index (χ1n) is 3.50. The Bertz CT molecular complexity index is 97.8. The van der Waals surface area contributed by atoms with Crippen molar-refractivity contribution in [2.24, 2.45) is 4.99 Å². The first-order chi connectivity index (χ1) is 4.41. The van der Waals surface area contributed by atoms with Gasteiger partial charge in [-0.05, 0) is 6.42 Å². The molecule has 0 saturated heterocycles. The molecule has 0 amide bonds. The number of hydrogen-bond donors (Lipinski definition) is 1. The quantitative estimate of drug-likeness (QED) is 0.393. The van der Waals surface area contributed by atoms with Gasteiger partial charge in [0.25, 0.3) is 0 Å². The number of unbranched alkanes of at least 4 members (excludes halogenated alkanes) is 3. The summed E-state index contributed by atoms with van der Waals surface area (Å²) in [6.07, 6.45) is 4.89. The van der Waals surface area contributed by atoms with Crippen molar-refractivity contribution >= 4 is 6.01 Å². The average Bonchev–Trinajstić information content (AvgIpc) is 1.89. The zero-order valence-electron chi connectivity index (χ0n) is 6.69. The van der Waals surface area contributed by atoms with Crippen molar-refractivity contribution in [1.29, 1.82) is 5.41 Å². The Morgan fingerprint density at radius 1 is 1.30 bits per heavy atom. The molecule has 0 bridgehead atoms. The number of rotatable bonds is 5. The first kappa shape index (κ1) is 12.7. The summed E-state index contributed by atoms with van der Waals surface area (Å²) in [6.45, 7) is 2.96. The van der Waals surface area contributed by atoms with Crippen molar-refractivity contribution in [2.75, 3.05) is 6.54 Å². The molecule has 0 unspecified atom stereocenters. The van der Waals surface area contributed by atoms with E-state index in [1.807, 2.05) is 6.01 Å². The van der Waals surface area contributed by atoms with Crippen LogP contribution in [0.2, 0.25) is 0 Å². The maximum absolute atomic E-state index is 6.47. The van der Waals surface area contributed by atoms with E-state index >= 15 is 0 Å². The number of nitrogens with one attached hydrogen (secondary N) is 1. The van der Waals surface area contributed by atoms with Gasteiger partial charge in [-0.2, -0.15) is 0 Å². The second kappa shape index (κ2) is 11.8. The molecule has 0 atom stereocenters. The molecular weight excluding hydrogens is 177 g/mol. The Labute approximate surface area is 75.4 Å². The van der Waals surface area contributed by atoms with Crippen LogP contribution in [0.5, 0.6) is 0 Å². The van der Waals surface area contributed by atoms with Gasteiger partial charge >= 0.3 is 0 Å². The summed E-state index contributed by atoms with van der Waals surface area (Å²) in [5, 5.41) is 6.47. The Balaban J connectivity index is 0. The molecule has 3 heteroatoms. The second-order valence-corrected chi connectivity index (χ2v) is 2.05. The summed E-state index contributed by atoms with van der Waals surface area (Å²) in [4.78, 5) is 3.66. The molecular formula is C7H14N2Zn. The fraction of sp³-hybridized carbons (Fsp3) is 0.857. The maximum atomic E-state index is 6.47. The normalized spacial score (nSPS) is 7.70. The van der Waals surface area contributed by atoms with Gasteiger partial charge in [-0.1, -0.05) is 26.2 Å². The minimum absolute atomic E-state index is 0. The second-order valence-electron chi connectivity index (χ2n) is 2.05. The zero-order valence-corrected chi connectivity index (χ0v) is 9.66. The standard InChI is InChI=1S/C7H14N2.Zn/c1-2-3-4-5-6-9-7-8;/h8H,2-6H2,1H3;. The van der Waals surface area contributed by atoms with E-state index in [0.717, 1.165) is 13.0 Å². The van der Waals surface area contributed by atoms with E-state index in [4.69, 9.17) is 5.41 Å². The first-order valence-corrected chi connectivity index (χ1v) is 3.50. The Morgan fingerprint density at radius 3 is 2.50 bits per heavy atom. The molecule has 54 valence electrons. The molecule has 0 radical (unpaired) electrons. The van der Waals surface area contributed by atoms with E-state index in [1.165, 1.54) is 19.3 Å². The summed E-state index contributed by atoms with van der Waals surface area (Å²) in [5.41, 5.74) is 0. The van der Waals surface area contributed by atoms with Crippen molar-refractivity contribution in [3.8, 4) is 0 Å². The van der Waals surface area contributed by atoms with Crippen LogP contribution in [0.1, 0.15) is 32.6 Å². The minimum atomic E-state index is 0. The van der Waals surface area contributed by atoms with E-state index in [2.05, 4.69) is 11.9 Å².